The number of hydrogen-bond donors (Lipinski definition) is 1. The topological polar surface area (TPSA) is 55.4 Å². The van der Waals surface area contributed by atoms with Gasteiger partial charge in [0.15, 0.2) is 6.61 Å². The van der Waals surface area contributed by atoms with E-state index in [9.17, 15) is 9.59 Å². The summed E-state index contributed by atoms with van der Waals surface area (Å²) in [7, 11) is 0. The van der Waals surface area contributed by atoms with Gasteiger partial charge in [-0.05, 0) is 36.2 Å². The first-order valence-corrected chi connectivity index (χ1v) is 7.26. The molecule has 0 bridgehead atoms. The molecule has 1 N–H and O–H groups in total. The molecule has 1 amide bonds. The van der Waals surface area contributed by atoms with Crippen molar-refractivity contribution in [2.45, 2.75) is 6.42 Å². The maximum Gasteiger partial charge on any atom is 0.338 e. The Bertz CT molecular complexity index is 643. The largest absolute Gasteiger partial charge is 0.452 e. The Morgan fingerprint density at radius 3 is 2.55 bits per heavy atom. The molecule has 22 heavy (non-hydrogen) atoms. The van der Waals surface area contributed by atoms with E-state index in [-0.39, 0.29) is 12.5 Å². The van der Waals surface area contributed by atoms with Gasteiger partial charge in [0.25, 0.3) is 5.91 Å². The van der Waals surface area contributed by atoms with Crippen molar-refractivity contribution in [1.29, 1.82) is 0 Å². The molecule has 0 fully saturated rings. The summed E-state index contributed by atoms with van der Waals surface area (Å²) in [6, 6.07) is 16.0. The van der Waals surface area contributed by atoms with Crippen molar-refractivity contribution in [3.8, 4) is 0 Å². The third-order valence-corrected chi connectivity index (χ3v) is 3.20. The molecule has 0 radical (unpaired) electrons. The highest BCUT2D eigenvalue weighted by atomic mass is 35.5. The van der Waals surface area contributed by atoms with Crippen molar-refractivity contribution in [2.24, 2.45) is 0 Å². The van der Waals surface area contributed by atoms with E-state index < -0.39 is 5.97 Å². The summed E-state index contributed by atoms with van der Waals surface area (Å²) in [6.45, 7) is 0.172. The molecule has 0 unspecified atom stereocenters. The summed E-state index contributed by atoms with van der Waals surface area (Å²) < 4.78 is 4.94. The molecular formula is C17H16ClNO3. The summed E-state index contributed by atoms with van der Waals surface area (Å²) in [5.41, 5.74) is 1.46. The van der Waals surface area contributed by atoms with Gasteiger partial charge in [-0.3, -0.25) is 4.79 Å². The summed E-state index contributed by atoms with van der Waals surface area (Å²) in [4.78, 5) is 23.3. The first kappa shape index (κ1) is 16.0. The van der Waals surface area contributed by atoms with Gasteiger partial charge in [-0.15, -0.1) is 0 Å². The SMILES string of the molecule is O=C(COC(=O)c1ccccc1)NCCc1cccc(Cl)c1. The number of nitrogens with one attached hydrogen (secondary N) is 1. The van der Waals surface area contributed by atoms with Crippen LogP contribution in [-0.4, -0.2) is 25.0 Å². The number of amides is 1. The molecule has 0 saturated heterocycles. The molecule has 114 valence electrons. The fourth-order valence-corrected chi connectivity index (χ4v) is 2.09. The van der Waals surface area contributed by atoms with Crippen LogP contribution in [0.15, 0.2) is 54.6 Å². The zero-order valence-electron chi connectivity index (χ0n) is 11.9. The Kier molecular flexibility index (Phi) is 5.98. The lowest BCUT2D eigenvalue weighted by atomic mass is 10.1. The van der Waals surface area contributed by atoms with Gasteiger partial charge in [-0.2, -0.15) is 0 Å². The van der Waals surface area contributed by atoms with Crippen LogP contribution in [0, 0.1) is 0 Å². The molecular weight excluding hydrogens is 302 g/mol. The van der Waals surface area contributed by atoms with Gasteiger partial charge in [-0.25, -0.2) is 4.79 Å². The second kappa shape index (κ2) is 8.20. The van der Waals surface area contributed by atoms with Gasteiger partial charge in [0.05, 0.1) is 5.56 Å². The molecule has 2 rings (SSSR count). The van der Waals surface area contributed by atoms with Crippen molar-refractivity contribution < 1.29 is 14.3 Å². The lowest BCUT2D eigenvalue weighted by Gasteiger charge is -2.07. The number of hydrogen-bond acceptors (Lipinski definition) is 3. The van der Waals surface area contributed by atoms with E-state index >= 15 is 0 Å². The van der Waals surface area contributed by atoms with Crippen molar-refractivity contribution in [3.05, 3.63) is 70.7 Å². The Morgan fingerprint density at radius 1 is 1.05 bits per heavy atom. The quantitative estimate of drug-likeness (QED) is 0.834. The molecule has 0 saturated carbocycles. The highest BCUT2D eigenvalue weighted by Crippen LogP contribution is 2.10. The Labute approximate surface area is 134 Å². The third-order valence-electron chi connectivity index (χ3n) is 2.97. The van der Waals surface area contributed by atoms with Crippen molar-refractivity contribution in [1.82, 2.24) is 5.32 Å². The van der Waals surface area contributed by atoms with Crippen molar-refractivity contribution >= 4 is 23.5 Å². The van der Waals surface area contributed by atoms with E-state index in [2.05, 4.69) is 5.32 Å². The first-order valence-electron chi connectivity index (χ1n) is 6.88. The van der Waals surface area contributed by atoms with E-state index in [4.69, 9.17) is 16.3 Å². The molecule has 0 aliphatic carbocycles. The van der Waals surface area contributed by atoms with Gasteiger partial charge in [0.2, 0.25) is 0 Å². The fraction of sp³-hybridized carbons (Fsp3) is 0.176. The van der Waals surface area contributed by atoms with Crippen LogP contribution in [0.1, 0.15) is 15.9 Å². The number of esters is 1. The normalized spacial score (nSPS) is 10.0. The van der Waals surface area contributed by atoms with Crippen LogP contribution in [0.3, 0.4) is 0 Å². The van der Waals surface area contributed by atoms with Gasteiger partial charge >= 0.3 is 5.97 Å². The van der Waals surface area contributed by atoms with Gasteiger partial charge < -0.3 is 10.1 Å². The van der Waals surface area contributed by atoms with Crippen LogP contribution in [0.5, 0.6) is 0 Å². The summed E-state index contributed by atoms with van der Waals surface area (Å²) in [6.07, 6.45) is 0.666. The minimum Gasteiger partial charge on any atom is -0.452 e. The molecule has 0 heterocycles. The molecule has 5 heteroatoms. The Hall–Kier alpha value is -2.33. The molecule has 0 spiro atoms. The standard InChI is InChI=1S/C17H16ClNO3/c18-15-8-4-5-13(11-15)9-10-19-16(20)12-22-17(21)14-6-2-1-3-7-14/h1-8,11H,9-10,12H2,(H,19,20). The van der Waals surface area contributed by atoms with Crippen LogP contribution in [0.4, 0.5) is 0 Å². The van der Waals surface area contributed by atoms with Crippen LogP contribution in [0.2, 0.25) is 5.02 Å². The van der Waals surface area contributed by atoms with Crippen LogP contribution >= 0.6 is 11.6 Å². The summed E-state index contributed by atoms with van der Waals surface area (Å²) in [5, 5.41) is 3.37. The van der Waals surface area contributed by atoms with E-state index in [1.807, 2.05) is 18.2 Å². The molecule has 2 aromatic carbocycles. The van der Waals surface area contributed by atoms with E-state index in [0.29, 0.717) is 23.6 Å². The smallest absolute Gasteiger partial charge is 0.338 e. The molecule has 0 atom stereocenters. The van der Waals surface area contributed by atoms with E-state index in [1.165, 1.54) is 0 Å². The lowest BCUT2D eigenvalue weighted by Crippen LogP contribution is -2.30. The third kappa shape index (κ3) is 5.22. The van der Waals surface area contributed by atoms with Crippen LogP contribution < -0.4 is 5.32 Å². The second-order valence-electron chi connectivity index (χ2n) is 4.67. The van der Waals surface area contributed by atoms with Gasteiger partial charge in [0.1, 0.15) is 0 Å². The van der Waals surface area contributed by atoms with Gasteiger partial charge in [0, 0.05) is 11.6 Å². The highest BCUT2D eigenvalue weighted by molar-refractivity contribution is 6.30. The number of rotatable bonds is 6. The number of benzene rings is 2. The molecule has 2 aromatic rings. The Morgan fingerprint density at radius 2 is 1.82 bits per heavy atom. The summed E-state index contributed by atoms with van der Waals surface area (Å²) >= 11 is 5.88. The predicted molar refractivity (Wildman–Crippen MR) is 84.9 cm³/mol. The predicted octanol–water partition coefficient (Wildman–Crippen LogP) is 2.86. The fourth-order valence-electron chi connectivity index (χ4n) is 1.88. The second-order valence-corrected chi connectivity index (χ2v) is 5.11. The number of carbonyl (C=O) groups excluding carboxylic acids is 2. The lowest BCUT2D eigenvalue weighted by molar-refractivity contribution is -0.124. The molecule has 0 aliphatic rings. The summed E-state index contributed by atoms with van der Waals surface area (Å²) in [5.74, 6) is -0.836. The molecule has 0 aliphatic heterocycles. The average Bonchev–Trinajstić information content (AvgIpc) is 2.53. The number of ether oxygens (including phenoxy) is 1. The van der Waals surface area contributed by atoms with Crippen molar-refractivity contribution in [3.63, 3.8) is 0 Å². The molecule has 4 nitrogen and oxygen atoms in total. The Balaban J connectivity index is 1.69. The highest BCUT2D eigenvalue weighted by Gasteiger charge is 2.09. The van der Waals surface area contributed by atoms with Crippen LogP contribution in [0.25, 0.3) is 0 Å². The van der Waals surface area contributed by atoms with Crippen LogP contribution in [-0.2, 0) is 16.0 Å². The average molecular weight is 318 g/mol. The van der Waals surface area contributed by atoms with E-state index in [0.717, 1.165) is 5.56 Å². The van der Waals surface area contributed by atoms with Crippen molar-refractivity contribution in [2.75, 3.05) is 13.2 Å². The molecule has 0 aromatic heterocycles. The number of carbonyl (C=O) groups is 2. The maximum absolute atomic E-state index is 11.7. The first-order chi connectivity index (χ1) is 10.6. The number of halogens is 1. The minimum absolute atomic E-state index is 0.288. The zero-order chi connectivity index (χ0) is 15.8. The maximum atomic E-state index is 11.7. The monoisotopic (exact) mass is 317 g/mol. The minimum atomic E-state index is -0.509. The van der Waals surface area contributed by atoms with E-state index in [1.54, 1.807) is 36.4 Å². The zero-order valence-corrected chi connectivity index (χ0v) is 12.7. The van der Waals surface area contributed by atoms with Gasteiger partial charge in [-0.1, -0.05) is 41.9 Å².